The van der Waals surface area contributed by atoms with Gasteiger partial charge in [-0.1, -0.05) is 0 Å². The van der Waals surface area contributed by atoms with Crippen molar-refractivity contribution >= 4 is 15.6 Å². The molecule has 0 amide bonds. The van der Waals surface area contributed by atoms with Crippen LogP contribution >= 0.6 is 15.6 Å². The van der Waals surface area contributed by atoms with E-state index in [1.165, 1.54) is 0 Å². The van der Waals surface area contributed by atoms with Crippen LogP contribution < -0.4 is 19.6 Å². The van der Waals surface area contributed by atoms with E-state index in [0.29, 0.717) is 0 Å². The van der Waals surface area contributed by atoms with Gasteiger partial charge in [0.2, 0.25) is 0 Å². The van der Waals surface area contributed by atoms with Crippen LogP contribution in [0.25, 0.3) is 0 Å². The van der Waals surface area contributed by atoms with Gasteiger partial charge < -0.3 is 33.9 Å². The maximum absolute atomic E-state index is 8.77. The molecule has 2 radical (unpaired) electrons. The van der Waals surface area contributed by atoms with Crippen molar-refractivity contribution in [2.45, 2.75) is 0 Å². The van der Waals surface area contributed by atoms with Crippen LogP contribution in [0.1, 0.15) is 0 Å². The summed E-state index contributed by atoms with van der Waals surface area (Å²) in [7, 11) is -10.3. The summed E-state index contributed by atoms with van der Waals surface area (Å²) in [5.41, 5.74) is 0. The molecular weight excluding hydrogens is 317 g/mol. The van der Waals surface area contributed by atoms with E-state index in [0.717, 1.165) is 0 Å². The molecule has 0 aromatic heterocycles. The van der Waals surface area contributed by atoms with Crippen molar-refractivity contribution in [2.75, 3.05) is 0 Å². The third kappa shape index (κ3) is 748. The Morgan fingerprint density at radius 2 is 0.833 bits per heavy atom. The second kappa shape index (κ2) is 8.84. The van der Waals surface area contributed by atoms with Gasteiger partial charge in [0.05, 0.1) is 0 Å². The van der Waals surface area contributed by atoms with E-state index >= 15 is 0 Å². The van der Waals surface area contributed by atoms with Gasteiger partial charge >= 0.3 is 34.1 Å². The summed E-state index contributed by atoms with van der Waals surface area (Å²) in [6.07, 6.45) is 0. The minimum absolute atomic E-state index is 0. The van der Waals surface area contributed by atoms with E-state index in [-0.39, 0.29) is 34.1 Å². The molecular formula is H2Cu2O8P2. The molecule has 0 spiro atoms. The summed E-state index contributed by atoms with van der Waals surface area (Å²) >= 11 is 0. The smallest absolute Gasteiger partial charge is 0.822 e. The van der Waals surface area contributed by atoms with Crippen LogP contribution in [0.15, 0.2) is 0 Å². The third-order valence-corrected chi connectivity index (χ3v) is 0. The summed E-state index contributed by atoms with van der Waals surface area (Å²) in [5, 5.41) is 0. The second-order valence-electron chi connectivity index (χ2n) is 0.938. The van der Waals surface area contributed by atoms with Crippen LogP contribution in [0.5, 0.6) is 0 Å². The normalized spacial score (nSPS) is 9.83. The van der Waals surface area contributed by atoms with Crippen LogP contribution in [-0.2, 0) is 43.3 Å². The van der Waals surface area contributed by atoms with Gasteiger partial charge in [-0.25, -0.2) is 0 Å². The summed E-state index contributed by atoms with van der Waals surface area (Å²) in [6, 6.07) is 0. The maximum Gasteiger partial charge on any atom is 2.00 e. The number of phosphoric acid groups is 2. The predicted octanol–water partition coefficient (Wildman–Crippen LogP) is -4.39. The Morgan fingerprint density at radius 1 is 0.833 bits per heavy atom. The Balaban J connectivity index is -0.0000000457. The Labute approximate surface area is 88.4 Å². The molecule has 0 unspecified atom stereocenters. The molecule has 0 aliphatic carbocycles. The molecule has 0 bridgehead atoms. The zero-order valence-corrected chi connectivity index (χ0v) is 8.51. The summed E-state index contributed by atoms with van der Waals surface area (Å²) in [5.74, 6) is 0. The van der Waals surface area contributed by atoms with E-state index in [2.05, 4.69) is 0 Å². The standard InChI is InChI=1S/2Cu.2H3O4P/c;;2*1-5(2,3)4/h;;2*(H3,1,2,3,4)/q2*+2;;/p-4. The van der Waals surface area contributed by atoms with Crippen LogP contribution in [0.4, 0.5) is 0 Å². The number of hydrogen-bond donors (Lipinski definition) is 2. The van der Waals surface area contributed by atoms with E-state index in [1.54, 1.807) is 0 Å². The van der Waals surface area contributed by atoms with Gasteiger partial charge in [-0.2, -0.15) is 7.82 Å². The number of rotatable bonds is 0. The van der Waals surface area contributed by atoms with E-state index < -0.39 is 15.6 Å². The van der Waals surface area contributed by atoms with Crippen LogP contribution in [-0.4, -0.2) is 9.79 Å². The zero-order valence-electron chi connectivity index (χ0n) is 4.84. The molecule has 0 saturated heterocycles. The molecule has 2 N–H and O–H groups in total. The summed E-state index contributed by atoms with van der Waals surface area (Å²) in [4.78, 5) is 48.6. The van der Waals surface area contributed by atoms with Crippen LogP contribution in [0, 0.1) is 0 Å². The van der Waals surface area contributed by atoms with E-state index in [1.807, 2.05) is 0 Å². The van der Waals surface area contributed by atoms with Gasteiger partial charge in [0.25, 0.3) is 7.82 Å². The molecule has 12 heteroatoms. The van der Waals surface area contributed by atoms with Gasteiger partial charge in [0, 0.05) is 0 Å². The maximum atomic E-state index is 8.77. The van der Waals surface area contributed by atoms with Gasteiger partial charge in [-0.15, -0.1) is 0 Å². The SMILES string of the molecule is O=P([O-])(O)O.O=P([O-])([O-])[O-].[Cu+2].[Cu+2]. The fraction of sp³-hybridized carbons (Fsp3) is 0. The molecule has 0 aromatic rings. The van der Waals surface area contributed by atoms with Crippen LogP contribution in [0.3, 0.4) is 0 Å². The largest absolute Gasteiger partial charge is 2.00 e. The van der Waals surface area contributed by atoms with Crippen molar-refractivity contribution in [3.05, 3.63) is 0 Å². The van der Waals surface area contributed by atoms with Gasteiger partial charge in [-0.3, -0.25) is 4.57 Å². The topological polar surface area (TPSA) is 167 Å². The Hall–Kier alpha value is 1.26. The first-order valence-corrected chi connectivity index (χ1v) is 4.49. The molecule has 0 aliphatic heterocycles. The van der Waals surface area contributed by atoms with Crippen molar-refractivity contribution in [1.82, 2.24) is 0 Å². The average molecular weight is 319 g/mol. The zero-order chi connectivity index (χ0) is 9.00. The van der Waals surface area contributed by atoms with Crippen molar-refractivity contribution in [1.29, 1.82) is 0 Å². The fourth-order valence-electron chi connectivity index (χ4n) is 0. The molecule has 82 valence electrons. The average Bonchev–Trinajstić information content (AvgIpc) is 1.12. The summed E-state index contributed by atoms with van der Waals surface area (Å²) < 4.78 is 17.3. The van der Waals surface area contributed by atoms with Gasteiger partial charge in [0.1, 0.15) is 0 Å². The van der Waals surface area contributed by atoms with Crippen LogP contribution in [0.2, 0.25) is 0 Å². The quantitative estimate of drug-likeness (QED) is 0.333. The van der Waals surface area contributed by atoms with Gasteiger partial charge in [0.15, 0.2) is 0 Å². The molecule has 8 nitrogen and oxygen atoms in total. The molecule has 12 heavy (non-hydrogen) atoms. The van der Waals surface area contributed by atoms with Gasteiger partial charge in [-0.05, 0) is 0 Å². The minimum Gasteiger partial charge on any atom is -0.822 e. The minimum atomic E-state index is -5.39. The fourth-order valence-corrected chi connectivity index (χ4v) is 0. The first kappa shape index (κ1) is 23.2. The molecule has 0 rings (SSSR count). The van der Waals surface area contributed by atoms with Crippen molar-refractivity contribution in [3.63, 3.8) is 0 Å². The first-order chi connectivity index (χ1) is 4.00. The first-order valence-electron chi connectivity index (χ1n) is 1.50. The van der Waals surface area contributed by atoms with Crippen molar-refractivity contribution < 1.29 is 72.6 Å². The molecule has 0 heterocycles. The molecule has 0 fully saturated rings. The monoisotopic (exact) mass is 318 g/mol. The predicted molar refractivity (Wildman–Crippen MR) is 19.7 cm³/mol. The Kier molecular flexibility index (Phi) is 17.1. The molecule has 0 atom stereocenters. The van der Waals surface area contributed by atoms with E-state index in [9.17, 15) is 0 Å². The summed E-state index contributed by atoms with van der Waals surface area (Å²) in [6.45, 7) is 0. The molecule has 0 saturated carbocycles. The number of hydrogen-bond acceptors (Lipinski definition) is 6. The van der Waals surface area contributed by atoms with Crippen molar-refractivity contribution in [2.24, 2.45) is 0 Å². The Bertz CT molecular complexity index is 127. The van der Waals surface area contributed by atoms with Crippen molar-refractivity contribution in [3.8, 4) is 0 Å². The van der Waals surface area contributed by atoms with E-state index in [4.69, 9.17) is 38.5 Å². The second-order valence-corrected chi connectivity index (χ2v) is 2.81. The molecule has 0 aliphatic rings. The Morgan fingerprint density at radius 3 is 0.833 bits per heavy atom. The third-order valence-electron chi connectivity index (χ3n) is 0. The molecule has 0 aromatic carbocycles.